The van der Waals surface area contributed by atoms with Crippen molar-refractivity contribution in [1.29, 1.82) is 0 Å². The molecule has 28 heavy (non-hydrogen) atoms. The number of hydrogen-bond donors (Lipinski definition) is 2. The van der Waals surface area contributed by atoms with E-state index in [1.54, 1.807) is 6.26 Å². The molecule has 0 spiro atoms. The van der Waals surface area contributed by atoms with E-state index >= 15 is 0 Å². The summed E-state index contributed by atoms with van der Waals surface area (Å²) >= 11 is 0. The molecule has 0 atom stereocenters. The Bertz CT molecular complexity index is 971. The van der Waals surface area contributed by atoms with E-state index in [2.05, 4.69) is 10.6 Å². The van der Waals surface area contributed by atoms with E-state index < -0.39 is 0 Å². The lowest BCUT2D eigenvalue weighted by molar-refractivity contribution is -0.115. The van der Waals surface area contributed by atoms with Gasteiger partial charge >= 0.3 is 0 Å². The van der Waals surface area contributed by atoms with E-state index in [1.807, 2.05) is 67.8 Å². The zero-order valence-electron chi connectivity index (χ0n) is 16.4. The van der Waals surface area contributed by atoms with E-state index in [-0.39, 0.29) is 18.4 Å². The number of aryl methyl sites for hydroxylation is 2. The number of furan rings is 1. The van der Waals surface area contributed by atoms with Crippen LogP contribution in [0.4, 0.5) is 5.69 Å². The number of rotatable bonds is 7. The summed E-state index contributed by atoms with van der Waals surface area (Å²) in [6.45, 7) is 6.35. The molecule has 0 aliphatic rings. The van der Waals surface area contributed by atoms with Gasteiger partial charge in [-0.25, -0.2) is 0 Å². The molecule has 146 valence electrons. The van der Waals surface area contributed by atoms with Crippen LogP contribution < -0.4 is 10.6 Å². The van der Waals surface area contributed by atoms with Crippen LogP contribution in [0, 0.1) is 13.8 Å². The third-order valence-electron chi connectivity index (χ3n) is 4.79. The fourth-order valence-electron chi connectivity index (χ4n) is 3.23. The van der Waals surface area contributed by atoms with Gasteiger partial charge in [0.25, 0.3) is 5.91 Å². The number of hydrogen-bond acceptors (Lipinski definition) is 3. The van der Waals surface area contributed by atoms with Crippen LogP contribution in [0.1, 0.15) is 40.0 Å². The number of aromatic nitrogens is 1. The van der Waals surface area contributed by atoms with Crippen molar-refractivity contribution in [2.24, 2.45) is 0 Å². The van der Waals surface area contributed by atoms with Gasteiger partial charge in [0, 0.05) is 17.1 Å². The summed E-state index contributed by atoms with van der Waals surface area (Å²) in [5.41, 5.74) is 4.19. The molecule has 0 radical (unpaired) electrons. The van der Waals surface area contributed by atoms with Gasteiger partial charge in [-0.15, -0.1) is 0 Å². The first-order chi connectivity index (χ1) is 13.5. The Kier molecular flexibility index (Phi) is 5.99. The van der Waals surface area contributed by atoms with Crippen LogP contribution in [-0.4, -0.2) is 22.9 Å². The molecular formula is C22H25N3O3. The molecule has 6 heteroatoms. The van der Waals surface area contributed by atoms with Gasteiger partial charge in [0.2, 0.25) is 5.91 Å². The van der Waals surface area contributed by atoms with E-state index in [9.17, 15) is 9.59 Å². The Morgan fingerprint density at radius 2 is 1.89 bits per heavy atom. The largest absolute Gasteiger partial charge is 0.467 e. The maximum absolute atomic E-state index is 12.6. The molecule has 2 amide bonds. The monoisotopic (exact) mass is 379 g/mol. The van der Waals surface area contributed by atoms with Crippen LogP contribution in [0.3, 0.4) is 0 Å². The zero-order valence-corrected chi connectivity index (χ0v) is 16.4. The molecule has 1 aromatic carbocycles. The second-order valence-corrected chi connectivity index (χ2v) is 6.69. The molecule has 3 aromatic rings. The van der Waals surface area contributed by atoms with Crippen molar-refractivity contribution in [3.05, 3.63) is 77.0 Å². The third kappa shape index (κ3) is 4.34. The van der Waals surface area contributed by atoms with E-state index in [0.29, 0.717) is 12.1 Å². The van der Waals surface area contributed by atoms with Gasteiger partial charge in [0.15, 0.2) is 0 Å². The molecular weight excluding hydrogens is 354 g/mol. The first-order valence-corrected chi connectivity index (χ1v) is 9.34. The lowest BCUT2D eigenvalue weighted by Crippen LogP contribution is -2.33. The van der Waals surface area contributed by atoms with Gasteiger partial charge in [-0.2, -0.15) is 0 Å². The van der Waals surface area contributed by atoms with Crippen LogP contribution in [0.25, 0.3) is 0 Å². The highest BCUT2D eigenvalue weighted by atomic mass is 16.3. The Labute approximate surface area is 164 Å². The first-order valence-electron chi connectivity index (χ1n) is 9.34. The average molecular weight is 379 g/mol. The highest BCUT2D eigenvalue weighted by Crippen LogP contribution is 2.18. The molecule has 0 aliphatic heterocycles. The van der Waals surface area contributed by atoms with Crippen molar-refractivity contribution >= 4 is 17.5 Å². The molecule has 2 N–H and O–H groups in total. The predicted molar refractivity (Wildman–Crippen MR) is 108 cm³/mol. The lowest BCUT2D eigenvalue weighted by atomic mass is 10.1. The van der Waals surface area contributed by atoms with Crippen molar-refractivity contribution < 1.29 is 14.0 Å². The van der Waals surface area contributed by atoms with Crippen LogP contribution in [0.15, 0.2) is 53.1 Å². The molecule has 2 heterocycles. The molecule has 0 aliphatic carbocycles. The van der Waals surface area contributed by atoms with E-state index in [1.165, 1.54) is 0 Å². The van der Waals surface area contributed by atoms with Gasteiger partial charge in [-0.05, 0) is 50.1 Å². The molecule has 0 fully saturated rings. The van der Waals surface area contributed by atoms with Gasteiger partial charge in [-0.1, -0.05) is 25.1 Å². The number of nitrogens with one attached hydrogen (secondary N) is 2. The summed E-state index contributed by atoms with van der Waals surface area (Å²) in [4.78, 5) is 24.8. The smallest absolute Gasteiger partial charge is 0.253 e. The SMILES string of the molecule is CCc1ccccc1NC(=O)CNC(=O)c1cc(C)n(Cc2ccco2)c1C. The van der Waals surface area contributed by atoms with Crippen LogP contribution in [0.2, 0.25) is 0 Å². The Balaban J connectivity index is 1.62. The van der Waals surface area contributed by atoms with Gasteiger partial charge in [-0.3, -0.25) is 9.59 Å². The second-order valence-electron chi connectivity index (χ2n) is 6.69. The highest BCUT2D eigenvalue weighted by molar-refractivity contribution is 6.00. The standard InChI is InChI=1S/C22H25N3O3/c1-4-17-8-5-6-10-20(17)24-21(26)13-23-22(27)19-12-15(2)25(16(19)3)14-18-9-7-11-28-18/h5-12H,4,13-14H2,1-3H3,(H,23,27)(H,24,26). The summed E-state index contributed by atoms with van der Waals surface area (Å²) in [7, 11) is 0. The lowest BCUT2D eigenvalue weighted by Gasteiger charge is -2.11. The Morgan fingerprint density at radius 3 is 2.61 bits per heavy atom. The third-order valence-corrected chi connectivity index (χ3v) is 4.79. The number of amides is 2. The minimum Gasteiger partial charge on any atom is -0.467 e. The summed E-state index contributed by atoms with van der Waals surface area (Å²) < 4.78 is 7.42. The van der Waals surface area contributed by atoms with Crippen molar-refractivity contribution in [1.82, 2.24) is 9.88 Å². The Hall–Kier alpha value is -3.28. The second kappa shape index (κ2) is 8.61. The van der Waals surface area contributed by atoms with Crippen LogP contribution >= 0.6 is 0 Å². The van der Waals surface area contributed by atoms with E-state index in [4.69, 9.17) is 4.42 Å². The minimum atomic E-state index is -0.266. The first kappa shape index (κ1) is 19.5. The number of nitrogens with zero attached hydrogens (tertiary/aromatic N) is 1. The molecule has 3 rings (SSSR count). The molecule has 0 saturated heterocycles. The van der Waals surface area contributed by atoms with Crippen molar-refractivity contribution in [3.8, 4) is 0 Å². The number of benzene rings is 1. The molecule has 0 saturated carbocycles. The maximum atomic E-state index is 12.6. The number of anilines is 1. The molecule has 2 aromatic heterocycles. The van der Waals surface area contributed by atoms with Gasteiger partial charge in [0.1, 0.15) is 5.76 Å². The average Bonchev–Trinajstić information content (AvgIpc) is 3.30. The molecule has 6 nitrogen and oxygen atoms in total. The summed E-state index contributed by atoms with van der Waals surface area (Å²) in [6.07, 6.45) is 2.46. The van der Waals surface area contributed by atoms with Crippen molar-refractivity contribution in [3.63, 3.8) is 0 Å². The van der Waals surface area contributed by atoms with E-state index in [0.717, 1.165) is 34.8 Å². The number of carbonyl (C=O) groups excluding carboxylic acids is 2. The fraction of sp³-hybridized carbons (Fsp3) is 0.273. The van der Waals surface area contributed by atoms with Gasteiger partial charge in [0.05, 0.1) is 24.9 Å². The summed E-state index contributed by atoms with van der Waals surface area (Å²) in [6, 6.07) is 13.2. The highest BCUT2D eigenvalue weighted by Gasteiger charge is 2.17. The van der Waals surface area contributed by atoms with Crippen LogP contribution in [0.5, 0.6) is 0 Å². The number of para-hydroxylation sites is 1. The van der Waals surface area contributed by atoms with Gasteiger partial charge < -0.3 is 19.6 Å². The fourth-order valence-corrected chi connectivity index (χ4v) is 3.23. The normalized spacial score (nSPS) is 10.7. The van der Waals surface area contributed by atoms with Crippen LogP contribution in [-0.2, 0) is 17.8 Å². The van der Waals surface area contributed by atoms with Crippen molar-refractivity contribution in [2.75, 3.05) is 11.9 Å². The topological polar surface area (TPSA) is 76.3 Å². The zero-order chi connectivity index (χ0) is 20.1. The summed E-state index contributed by atoms with van der Waals surface area (Å²) in [5.74, 6) is 0.305. The molecule has 0 bridgehead atoms. The number of carbonyl (C=O) groups is 2. The minimum absolute atomic E-state index is 0.0846. The molecule has 0 unspecified atom stereocenters. The quantitative estimate of drug-likeness (QED) is 0.657. The maximum Gasteiger partial charge on any atom is 0.253 e. The predicted octanol–water partition coefficient (Wildman–Crippen LogP) is 3.68. The van der Waals surface area contributed by atoms with Crippen molar-refractivity contribution in [2.45, 2.75) is 33.7 Å². The Morgan fingerprint density at radius 1 is 1.11 bits per heavy atom. The summed E-state index contributed by atoms with van der Waals surface area (Å²) in [5, 5.41) is 5.57.